The molecule has 0 bridgehead atoms. The van der Waals surface area contributed by atoms with Gasteiger partial charge in [0.25, 0.3) is 0 Å². The van der Waals surface area contributed by atoms with Gasteiger partial charge in [-0.2, -0.15) is 0 Å². The Morgan fingerprint density at radius 1 is 1.12 bits per heavy atom. The van der Waals surface area contributed by atoms with Crippen LogP contribution < -0.4 is 4.74 Å². The van der Waals surface area contributed by atoms with Crippen molar-refractivity contribution >= 4 is 0 Å². The van der Waals surface area contributed by atoms with E-state index in [0.29, 0.717) is 37.6 Å². The van der Waals surface area contributed by atoms with E-state index < -0.39 is 0 Å². The summed E-state index contributed by atoms with van der Waals surface area (Å²) in [4.78, 5) is 6.26. The Bertz CT molecular complexity index is 915. The molecule has 1 aromatic heterocycles. The molecule has 1 aliphatic heterocycles. The Balaban J connectivity index is 1.65. The molecule has 132 valence electrons. The zero-order valence-electron chi connectivity index (χ0n) is 14.2. The molecule has 0 unspecified atom stereocenters. The first-order valence-electron chi connectivity index (χ1n) is 8.55. The van der Waals surface area contributed by atoms with E-state index in [1.807, 2.05) is 24.3 Å². The molecule has 4 rings (SSSR count). The van der Waals surface area contributed by atoms with Gasteiger partial charge in [-0.15, -0.1) is 0 Å². The average molecular weight is 350 g/mol. The largest absolute Gasteiger partial charge is 0.504 e. The van der Waals surface area contributed by atoms with Crippen molar-refractivity contribution in [3.63, 3.8) is 0 Å². The number of nitrogens with zero attached hydrogens (tertiary/aromatic N) is 2. The maximum absolute atomic E-state index is 14.0. The summed E-state index contributed by atoms with van der Waals surface area (Å²) < 4.78 is 19.8. The fourth-order valence-electron chi connectivity index (χ4n) is 3.26. The molecule has 5 heteroatoms. The predicted octanol–water partition coefficient (Wildman–Crippen LogP) is 3.99. The molecule has 1 N–H and O–H groups in total. The average Bonchev–Trinajstić information content (AvgIpc) is 2.86. The summed E-state index contributed by atoms with van der Waals surface area (Å²) >= 11 is 0. The van der Waals surface area contributed by atoms with Gasteiger partial charge in [0.15, 0.2) is 11.5 Å². The Kier molecular flexibility index (Phi) is 4.54. The topological polar surface area (TPSA) is 45.6 Å². The summed E-state index contributed by atoms with van der Waals surface area (Å²) in [6, 6.07) is 14.3. The van der Waals surface area contributed by atoms with Crippen LogP contribution in [0.3, 0.4) is 0 Å². The first-order chi connectivity index (χ1) is 12.7. The molecule has 0 aliphatic carbocycles. The van der Waals surface area contributed by atoms with Gasteiger partial charge in [0.2, 0.25) is 0 Å². The Hall–Kier alpha value is -2.92. The highest BCUT2D eigenvalue weighted by atomic mass is 19.1. The summed E-state index contributed by atoms with van der Waals surface area (Å²) in [6.45, 7) is 2.17. The van der Waals surface area contributed by atoms with Crippen LogP contribution in [0, 0.1) is 5.82 Å². The number of aromatic nitrogens is 1. The minimum Gasteiger partial charge on any atom is -0.504 e. The second-order valence-electron chi connectivity index (χ2n) is 6.38. The third-order valence-corrected chi connectivity index (χ3v) is 4.54. The van der Waals surface area contributed by atoms with Crippen molar-refractivity contribution in [3.8, 4) is 22.6 Å². The second kappa shape index (κ2) is 7.14. The van der Waals surface area contributed by atoms with Crippen LogP contribution in [0.1, 0.15) is 11.1 Å². The fourth-order valence-corrected chi connectivity index (χ4v) is 3.26. The van der Waals surface area contributed by atoms with E-state index in [0.717, 1.165) is 16.7 Å². The number of hydrogen-bond acceptors (Lipinski definition) is 4. The summed E-state index contributed by atoms with van der Waals surface area (Å²) in [5, 5.41) is 10.4. The number of phenolic OH excluding ortho intramolecular Hbond substituents is 1. The number of hydrogen-bond donors (Lipinski definition) is 1. The molecule has 3 aromatic rings. The second-order valence-corrected chi connectivity index (χ2v) is 6.38. The van der Waals surface area contributed by atoms with Gasteiger partial charge in [0.1, 0.15) is 12.4 Å². The normalized spacial score (nSPS) is 14.3. The number of pyridine rings is 1. The number of fused-ring (bicyclic) bond motifs is 1. The van der Waals surface area contributed by atoms with Gasteiger partial charge in [0, 0.05) is 48.7 Å². The molecular formula is C21H19FN2O2. The molecule has 0 radical (unpaired) electrons. The lowest BCUT2D eigenvalue weighted by Crippen LogP contribution is -2.25. The molecule has 2 heterocycles. The van der Waals surface area contributed by atoms with Gasteiger partial charge in [-0.3, -0.25) is 9.88 Å². The van der Waals surface area contributed by atoms with Crippen molar-refractivity contribution in [1.29, 1.82) is 0 Å². The first-order valence-corrected chi connectivity index (χ1v) is 8.55. The van der Waals surface area contributed by atoms with E-state index in [1.54, 1.807) is 30.6 Å². The van der Waals surface area contributed by atoms with E-state index in [9.17, 15) is 9.50 Å². The highest BCUT2D eigenvalue weighted by Gasteiger charge is 2.20. The minimum absolute atomic E-state index is 0.120. The summed E-state index contributed by atoms with van der Waals surface area (Å²) in [5.41, 5.74) is 3.35. The number of ether oxygens (including phenoxy) is 1. The van der Waals surface area contributed by atoms with Crippen LogP contribution >= 0.6 is 0 Å². The molecule has 1 aliphatic rings. The first kappa shape index (κ1) is 16.5. The molecule has 0 atom stereocenters. The summed E-state index contributed by atoms with van der Waals surface area (Å²) in [6.07, 6.45) is 3.47. The lowest BCUT2D eigenvalue weighted by Gasteiger charge is -2.20. The molecule has 0 saturated carbocycles. The van der Waals surface area contributed by atoms with Crippen LogP contribution in [0.2, 0.25) is 0 Å². The number of halogens is 1. The zero-order chi connectivity index (χ0) is 17.9. The zero-order valence-corrected chi connectivity index (χ0v) is 14.2. The standard InChI is InChI=1S/C21H19FN2O2/c22-19-6-2-1-4-16(19)13-24-8-9-26-21-18(14-24)10-17(11-20(21)25)15-5-3-7-23-12-15/h1-7,10-12,25H,8-9,13-14H2. The van der Waals surface area contributed by atoms with Gasteiger partial charge < -0.3 is 9.84 Å². The van der Waals surface area contributed by atoms with Gasteiger partial charge in [-0.1, -0.05) is 24.3 Å². The lowest BCUT2D eigenvalue weighted by molar-refractivity contribution is 0.215. The quantitative estimate of drug-likeness (QED) is 0.776. The monoisotopic (exact) mass is 350 g/mol. The van der Waals surface area contributed by atoms with Gasteiger partial charge >= 0.3 is 0 Å². The van der Waals surface area contributed by atoms with Crippen LogP contribution in [0.4, 0.5) is 4.39 Å². The fraction of sp³-hybridized carbons (Fsp3) is 0.190. The van der Waals surface area contributed by atoms with E-state index in [2.05, 4.69) is 9.88 Å². The number of aromatic hydroxyl groups is 1. The Labute approximate surface area is 151 Å². The van der Waals surface area contributed by atoms with E-state index in [4.69, 9.17) is 4.74 Å². The van der Waals surface area contributed by atoms with Crippen molar-refractivity contribution < 1.29 is 14.2 Å². The van der Waals surface area contributed by atoms with Gasteiger partial charge in [0.05, 0.1) is 0 Å². The van der Waals surface area contributed by atoms with Crippen LogP contribution in [-0.4, -0.2) is 28.1 Å². The number of rotatable bonds is 3. The molecule has 0 spiro atoms. The van der Waals surface area contributed by atoms with Gasteiger partial charge in [-0.25, -0.2) is 4.39 Å². The smallest absolute Gasteiger partial charge is 0.165 e. The SMILES string of the molecule is Oc1cc(-c2cccnc2)cc2c1OCCN(Cc1ccccc1F)C2. The lowest BCUT2D eigenvalue weighted by atomic mass is 10.0. The Morgan fingerprint density at radius 3 is 2.81 bits per heavy atom. The van der Waals surface area contributed by atoms with Crippen molar-refractivity contribution in [2.45, 2.75) is 13.1 Å². The molecular weight excluding hydrogens is 331 g/mol. The number of benzene rings is 2. The van der Waals surface area contributed by atoms with Crippen molar-refractivity contribution in [2.24, 2.45) is 0 Å². The van der Waals surface area contributed by atoms with Crippen molar-refractivity contribution in [1.82, 2.24) is 9.88 Å². The maximum Gasteiger partial charge on any atom is 0.165 e. The summed E-state index contributed by atoms with van der Waals surface area (Å²) in [7, 11) is 0. The molecule has 0 amide bonds. The third-order valence-electron chi connectivity index (χ3n) is 4.54. The van der Waals surface area contributed by atoms with Crippen molar-refractivity contribution in [3.05, 3.63) is 77.9 Å². The van der Waals surface area contributed by atoms with E-state index >= 15 is 0 Å². The highest BCUT2D eigenvalue weighted by molar-refractivity contribution is 5.68. The van der Waals surface area contributed by atoms with Crippen LogP contribution in [0.25, 0.3) is 11.1 Å². The van der Waals surface area contributed by atoms with Crippen LogP contribution in [-0.2, 0) is 13.1 Å². The van der Waals surface area contributed by atoms with E-state index in [1.165, 1.54) is 6.07 Å². The molecule has 4 nitrogen and oxygen atoms in total. The molecule has 0 fully saturated rings. The summed E-state index contributed by atoms with van der Waals surface area (Å²) in [5.74, 6) is 0.424. The third kappa shape index (κ3) is 3.39. The minimum atomic E-state index is -0.204. The molecule has 2 aromatic carbocycles. The van der Waals surface area contributed by atoms with Crippen LogP contribution in [0.5, 0.6) is 11.5 Å². The number of phenols is 1. The highest BCUT2D eigenvalue weighted by Crippen LogP contribution is 2.37. The maximum atomic E-state index is 14.0. The van der Waals surface area contributed by atoms with Gasteiger partial charge in [-0.05, 0) is 29.8 Å². The predicted molar refractivity (Wildman–Crippen MR) is 97.3 cm³/mol. The Morgan fingerprint density at radius 2 is 2.00 bits per heavy atom. The molecule has 26 heavy (non-hydrogen) atoms. The van der Waals surface area contributed by atoms with Crippen LogP contribution in [0.15, 0.2) is 60.9 Å². The van der Waals surface area contributed by atoms with Crippen molar-refractivity contribution in [2.75, 3.05) is 13.2 Å². The van der Waals surface area contributed by atoms with E-state index in [-0.39, 0.29) is 11.6 Å². The molecule has 0 saturated heterocycles.